The number of rotatable bonds is 7. The summed E-state index contributed by atoms with van der Waals surface area (Å²) in [5.74, 6) is 1.78. The third-order valence-corrected chi connectivity index (χ3v) is 4.99. The molecule has 0 saturated carbocycles. The maximum absolute atomic E-state index is 13.5. The predicted molar refractivity (Wildman–Crippen MR) is 109 cm³/mol. The molecule has 1 unspecified atom stereocenters. The molecular formula is C23H24FN3O3. The van der Waals surface area contributed by atoms with E-state index >= 15 is 0 Å². The number of carbonyl (C=O) groups excluding carboxylic acids is 1. The van der Waals surface area contributed by atoms with E-state index in [1.165, 1.54) is 12.1 Å². The first-order valence-electron chi connectivity index (χ1n) is 10.1. The van der Waals surface area contributed by atoms with Crippen molar-refractivity contribution < 1.29 is 18.4 Å². The number of benzene rings is 2. The average Bonchev–Trinajstić information content (AvgIpc) is 3.34. The van der Waals surface area contributed by atoms with Crippen LogP contribution in [0.15, 0.2) is 53.1 Å². The van der Waals surface area contributed by atoms with Crippen molar-refractivity contribution in [1.82, 2.24) is 15.0 Å². The molecule has 1 amide bonds. The predicted octanol–water partition coefficient (Wildman–Crippen LogP) is 4.77. The number of hydrogen-bond donors (Lipinski definition) is 0. The summed E-state index contributed by atoms with van der Waals surface area (Å²) in [6, 6.07) is 13.5. The summed E-state index contributed by atoms with van der Waals surface area (Å²) < 4.78 is 24.7. The summed E-state index contributed by atoms with van der Waals surface area (Å²) in [6.07, 6.45) is 0.997. The molecule has 2 heterocycles. The fourth-order valence-corrected chi connectivity index (χ4v) is 3.47. The zero-order valence-electron chi connectivity index (χ0n) is 17.0. The van der Waals surface area contributed by atoms with E-state index in [1.807, 2.05) is 24.3 Å². The van der Waals surface area contributed by atoms with Gasteiger partial charge >= 0.3 is 0 Å². The van der Waals surface area contributed by atoms with Gasteiger partial charge in [-0.15, -0.1) is 0 Å². The standard InChI is InChI=1S/C23H24FN3O3/c1-15(2)14-29-19-8-6-17(7-9-19)22-25-23(30-26-22)20-10-11-21(28)27(20)13-16-4-3-5-18(24)12-16/h3-9,12,15,20H,10-11,13-14H2,1-2H3. The van der Waals surface area contributed by atoms with Gasteiger partial charge in [0, 0.05) is 18.5 Å². The highest BCUT2D eigenvalue weighted by molar-refractivity contribution is 5.78. The lowest BCUT2D eigenvalue weighted by Gasteiger charge is -2.22. The van der Waals surface area contributed by atoms with Gasteiger partial charge in [-0.2, -0.15) is 4.98 Å². The number of amides is 1. The van der Waals surface area contributed by atoms with Gasteiger partial charge < -0.3 is 14.2 Å². The van der Waals surface area contributed by atoms with E-state index in [1.54, 1.807) is 17.0 Å². The van der Waals surface area contributed by atoms with Gasteiger partial charge in [0.05, 0.1) is 6.61 Å². The lowest BCUT2D eigenvalue weighted by molar-refractivity contribution is -0.130. The van der Waals surface area contributed by atoms with E-state index in [0.29, 0.717) is 43.6 Å². The molecule has 1 aliphatic rings. The van der Waals surface area contributed by atoms with Gasteiger partial charge in [0.15, 0.2) is 0 Å². The van der Waals surface area contributed by atoms with Crippen LogP contribution in [-0.2, 0) is 11.3 Å². The Hall–Kier alpha value is -3.22. The molecule has 6 nitrogen and oxygen atoms in total. The molecule has 1 atom stereocenters. The molecule has 1 fully saturated rings. The molecule has 1 saturated heterocycles. The molecule has 3 aromatic rings. The Bertz CT molecular complexity index is 1020. The summed E-state index contributed by atoms with van der Waals surface area (Å²) in [5.41, 5.74) is 1.54. The van der Waals surface area contributed by atoms with Crippen LogP contribution in [0, 0.1) is 11.7 Å². The number of halogens is 1. The molecule has 0 aliphatic carbocycles. The lowest BCUT2D eigenvalue weighted by Crippen LogP contribution is -2.27. The number of aromatic nitrogens is 2. The molecule has 1 aromatic heterocycles. The van der Waals surface area contributed by atoms with E-state index in [2.05, 4.69) is 24.0 Å². The summed E-state index contributed by atoms with van der Waals surface area (Å²) >= 11 is 0. The molecule has 4 rings (SSSR count). The molecule has 7 heteroatoms. The van der Waals surface area contributed by atoms with Crippen molar-refractivity contribution in [2.75, 3.05) is 6.61 Å². The minimum absolute atomic E-state index is 0.00401. The fourth-order valence-electron chi connectivity index (χ4n) is 3.47. The van der Waals surface area contributed by atoms with E-state index in [4.69, 9.17) is 9.26 Å². The molecule has 156 valence electrons. The van der Waals surface area contributed by atoms with Crippen LogP contribution in [0.25, 0.3) is 11.4 Å². The van der Waals surface area contributed by atoms with E-state index < -0.39 is 0 Å². The van der Waals surface area contributed by atoms with Crippen LogP contribution in [0.2, 0.25) is 0 Å². The first-order chi connectivity index (χ1) is 14.5. The lowest BCUT2D eigenvalue weighted by atomic mass is 10.1. The van der Waals surface area contributed by atoms with E-state index in [0.717, 1.165) is 16.9 Å². The van der Waals surface area contributed by atoms with Crippen molar-refractivity contribution in [3.8, 4) is 17.1 Å². The molecule has 0 N–H and O–H groups in total. The summed E-state index contributed by atoms with van der Waals surface area (Å²) in [6.45, 7) is 5.16. The Labute approximate surface area is 174 Å². The first kappa shape index (κ1) is 20.1. The molecule has 0 bridgehead atoms. The van der Waals surface area contributed by atoms with Crippen molar-refractivity contribution in [2.24, 2.45) is 5.92 Å². The first-order valence-corrected chi connectivity index (χ1v) is 10.1. The minimum atomic E-state index is -0.323. The maximum atomic E-state index is 13.5. The summed E-state index contributed by atoms with van der Waals surface area (Å²) in [5, 5.41) is 4.09. The maximum Gasteiger partial charge on any atom is 0.249 e. The van der Waals surface area contributed by atoms with Gasteiger partial charge in [-0.25, -0.2) is 4.39 Å². The molecule has 1 aliphatic heterocycles. The second-order valence-corrected chi connectivity index (χ2v) is 7.89. The van der Waals surface area contributed by atoms with Crippen molar-refractivity contribution in [3.05, 3.63) is 65.8 Å². The minimum Gasteiger partial charge on any atom is -0.493 e. The topological polar surface area (TPSA) is 68.5 Å². The highest BCUT2D eigenvalue weighted by atomic mass is 19.1. The van der Waals surface area contributed by atoms with Crippen LogP contribution in [0.3, 0.4) is 0 Å². The Morgan fingerprint density at radius 2 is 2.03 bits per heavy atom. The van der Waals surface area contributed by atoms with Crippen molar-refractivity contribution in [1.29, 1.82) is 0 Å². The number of hydrogen-bond acceptors (Lipinski definition) is 5. The van der Waals surface area contributed by atoms with E-state index in [-0.39, 0.29) is 17.8 Å². The SMILES string of the molecule is CC(C)COc1ccc(-c2noc(C3CCC(=O)N3Cc3cccc(F)c3)n2)cc1. The van der Waals surface area contributed by atoms with Crippen LogP contribution in [0.4, 0.5) is 4.39 Å². The van der Waals surface area contributed by atoms with E-state index in [9.17, 15) is 9.18 Å². The van der Waals surface area contributed by atoms with Gasteiger partial charge in [-0.05, 0) is 54.3 Å². The van der Waals surface area contributed by atoms with Gasteiger partial charge in [0.25, 0.3) is 0 Å². The third-order valence-electron chi connectivity index (χ3n) is 4.99. The monoisotopic (exact) mass is 409 g/mol. The summed E-state index contributed by atoms with van der Waals surface area (Å²) in [7, 11) is 0. The molecule has 0 radical (unpaired) electrons. The Morgan fingerprint density at radius 1 is 1.23 bits per heavy atom. The summed E-state index contributed by atoms with van der Waals surface area (Å²) in [4.78, 5) is 18.6. The Morgan fingerprint density at radius 3 is 2.77 bits per heavy atom. The van der Waals surface area contributed by atoms with Crippen molar-refractivity contribution in [2.45, 2.75) is 39.3 Å². The zero-order chi connectivity index (χ0) is 21.1. The highest BCUT2D eigenvalue weighted by Crippen LogP contribution is 2.34. The molecule has 2 aromatic carbocycles. The third kappa shape index (κ3) is 4.50. The van der Waals surface area contributed by atoms with Gasteiger partial charge in [-0.1, -0.05) is 31.1 Å². The largest absolute Gasteiger partial charge is 0.493 e. The van der Waals surface area contributed by atoms with Crippen LogP contribution >= 0.6 is 0 Å². The molecular weight excluding hydrogens is 385 g/mol. The van der Waals surface area contributed by atoms with Gasteiger partial charge in [-0.3, -0.25) is 4.79 Å². The second kappa shape index (κ2) is 8.65. The van der Waals surface area contributed by atoms with Crippen LogP contribution in [0.1, 0.15) is 44.2 Å². The second-order valence-electron chi connectivity index (χ2n) is 7.89. The van der Waals surface area contributed by atoms with Crippen molar-refractivity contribution >= 4 is 5.91 Å². The smallest absolute Gasteiger partial charge is 0.249 e. The average molecular weight is 409 g/mol. The van der Waals surface area contributed by atoms with Crippen LogP contribution in [0.5, 0.6) is 5.75 Å². The number of ether oxygens (including phenoxy) is 1. The molecule has 30 heavy (non-hydrogen) atoms. The quantitative estimate of drug-likeness (QED) is 0.562. The molecule has 0 spiro atoms. The highest BCUT2D eigenvalue weighted by Gasteiger charge is 2.36. The number of nitrogens with zero attached hydrogens (tertiary/aromatic N) is 3. The zero-order valence-corrected chi connectivity index (χ0v) is 17.0. The number of likely N-dealkylation sites (tertiary alicyclic amines) is 1. The van der Waals surface area contributed by atoms with Gasteiger partial charge in [0.1, 0.15) is 17.6 Å². The number of carbonyl (C=O) groups is 1. The van der Waals surface area contributed by atoms with Crippen LogP contribution < -0.4 is 4.74 Å². The van der Waals surface area contributed by atoms with Crippen molar-refractivity contribution in [3.63, 3.8) is 0 Å². The normalized spacial score (nSPS) is 16.5. The van der Waals surface area contributed by atoms with Gasteiger partial charge in [0.2, 0.25) is 17.6 Å². The Balaban J connectivity index is 1.49. The van der Waals surface area contributed by atoms with Crippen LogP contribution in [-0.4, -0.2) is 27.6 Å². The fraction of sp³-hybridized carbons (Fsp3) is 0.348. The Kier molecular flexibility index (Phi) is 5.79.